The first-order chi connectivity index (χ1) is 12.1. The Morgan fingerprint density at radius 1 is 1.31 bits per heavy atom. The second kappa shape index (κ2) is 8.75. The molecule has 1 fully saturated rings. The standard InChI is InChI=1S/C19H28BrN3O3/c1-19(2,3)26-18(25)22(4)12-14-6-5-11-23(13-14)17(24)21-16-9-7-15(20)8-10-16/h7-10,14H,5-6,11-13H2,1-4H3,(H,21,24). The van der Waals surface area contributed by atoms with Crippen LogP contribution >= 0.6 is 15.9 Å². The molecule has 3 amide bonds. The molecule has 0 bridgehead atoms. The number of hydrogen-bond donors (Lipinski definition) is 1. The van der Waals surface area contributed by atoms with E-state index in [1.54, 1.807) is 11.9 Å². The topological polar surface area (TPSA) is 61.9 Å². The zero-order valence-electron chi connectivity index (χ0n) is 15.9. The average molecular weight is 426 g/mol. The number of halogens is 1. The molecule has 1 heterocycles. The average Bonchev–Trinajstić information content (AvgIpc) is 2.55. The van der Waals surface area contributed by atoms with Crippen LogP contribution in [0.4, 0.5) is 15.3 Å². The first kappa shape index (κ1) is 20.6. The van der Waals surface area contributed by atoms with E-state index in [4.69, 9.17) is 4.74 Å². The van der Waals surface area contributed by atoms with Crippen LogP contribution in [0.2, 0.25) is 0 Å². The summed E-state index contributed by atoms with van der Waals surface area (Å²) >= 11 is 3.38. The summed E-state index contributed by atoms with van der Waals surface area (Å²) in [5.41, 5.74) is 0.264. The Morgan fingerprint density at radius 2 is 1.96 bits per heavy atom. The lowest BCUT2D eigenvalue weighted by molar-refractivity contribution is 0.0253. The molecule has 1 aliphatic rings. The molecule has 1 atom stereocenters. The fourth-order valence-corrected chi connectivity index (χ4v) is 3.20. The van der Waals surface area contributed by atoms with Crippen LogP contribution in [-0.2, 0) is 4.74 Å². The van der Waals surface area contributed by atoms with Crippen LogP contribution in [0.1, 0.15) is 33.6 Å². The molecule has 7 heteroatoms. The molecule has 1 aromatic rings. The van der Waals surface area contributed by atoms with Crippen molar-refractivity contribution in [2.24, 2.45) is 5.92 Å². The van der Waals surface area contributed by atoms with E-state index >= 15 is 0 Å². The quantitative estimate of drug-likeness (QED) is 0.771. The molecule has 0 saturated carbocycles. The maximum Gasteiger partial charge on any atom is 0.410 e. The van der Waals surface area contributed by atoms with Gasteiger partial charge in [-0.05, 0) is 63.8 Å². The molecule has 144 valence electrons. The lowest BCUT2D eigenvalue weighted by Crippen LogP contribution is -2.46. The third kappa shape index (κ3) is 6.52. The van der Waals surface area contributed by atoms with Gasteiger partial charge in [0, 0.05) is 36.8 Å². The monoisotopic (exact) mass is 425 g/mol. The molecule has 0 spiro atoms. The van der Waals surface area contributed by atoms with E-state index in [0.717, 1.165) is 29.5 Å². The van der Waals surface area contributed by atoms with Gasteiger partial charge < -0.3 is 19.9 Å². The van der Waals surface area contributed by atoms with Gasteiger partial charge in [0.25, 0.3) is 0 Å². The number of carbonyl (C=O) groups is 2. The SMILES string of the molecule is CN(CC1CCCN(C(=O)Nc2ccc(Br)cc2)C1)C(=O)OC(C)(C)C. The molecule has 1 aromatic carbocycles. The third-order valence-electron chi connectivity index (χ3n) is 4.14. The molecular weight excluding hydrogens is 398 g/mol. The number of carbonyl (C=O) groups excluding carboxylic acids is 2. The van der Waals surface area contributed by atoms with Crippen molar-refractivity contribution >= 4 is 33.7 Å². The fraction of sp³-hybridized carbons (Fsp3) is 0.579. The highest BCUT2D eigenvalue weighted by atomic mass is 79.9. The molecule has 1 saturated heterocycles. The van der Waals surface area contributed by atoms with Crippen molar-refractivity contribution in [1.82, 2.24) is 9.80 Å². The summed E-state index contributed by atoms with van der Waals surface area (Å²) in [6.07, 6.45) is 1.60. The number of nitrogens with one attached hydrogen (secondary N) is 1. The highest BCUT2D eigenvalue weighted by molar-refractivity contribution is 9.10. The minimum absolute atomic E-state index is 0.100. The number of likely N-dealkylation sites (tertiary alicyclic amines) is 1. The Morgan fingerprint density at radius 3 is 2.58 bits per heavy atom. The molecule has 0 aliphatic carbocycles. The molecular formula is C19H28BrN3O3. The number of nitrogens with zero attached hydrogens (tertiary/aromatic N) is 2. The van der Waals surface area contributed by atoms with E-state index in [-0.39, 0.29) is 18.0 Å². The van der Waals surface area contributed by atoms with Crippen molar-refractivity contribution in [1.29, 1.82) is 0 Å². The van der Waals surface area contributed by atoms with Crippen LogP contribution in [0.5, 0.6) is 0 Å². The van der Waals surface area contributed by atoms with Crippen LogP contribution in [0.15, 0.2) is 28.7 Å². The predicted octanol–water partition coefficient (Wildman–Crippen LogP) is 4.56. The van der Waals surface area contributed by atoms with E-state index in [2.05, 4.69) is 21.2 Å². The minimum atomic E-state index is -0.505. The van der Waals surface area contributed by atoms with Gasteiger partial charge in [0.2, 0.25) is 0 Å². The molecule has 26 heavy (non-hydrogen) atoms. The van der Waals surface area contributed by atoms with Crippen molar-refractivity contribution in [3.8, 4) is 0 Å². The van der Waals surface area contributed by atoms with Gasteiger partial charge in [-0.25, -0.2) is 9.59 Å². The summed E-state index contributed by atoms with van der Waals surface area (Å²) in [5.74, 6) is 0.247. The van der Waals surface area contributed by atoms with Gasteiger partial charge in [-0.15, -0.1) is 0 Å². The fourth-order valence-electron chi connectivity index (χ4n) is 2.94. The van der Waals surface area contributed by atoms with Gasteiger partial charge in [0.15, 0.2) is 0 Å². The highest BCUT2D eigenvalue weighted by Gasteiger charge is 2.27. The number of anilines is 1. The van der Waals surface area contributed by atoms with Crippen LogP contribution in [0.25, 0.3) is 0 Å². The van der Waals surface area contributed by atoms with E-state index < -0.39 is 5.60 Å². The summed E-state index contributed by atoms with van der Waals surface area (Å²) in [6, 6.07) is 7.41. The second-order valence-corrected chi connectivity index (χ2v) is 8.67. The normalized spacial score (nSPS) is 17.6. The smallest absolute Gasteiger partial charge is 0.410 e. The van der Waals surface area contributed by atoms with Crippen molar-refractivity contribution in [2.45, 2.75) is 39.2 Å². The Labute approximate surface area is 164 Å². The molecule has 0 radical (unpaired) electrons. The van der Waals surface area contributed by atoms with Crippen LogP contribution in [0, 0.1) is 5.92 Å². The number of benzene rings is 1. The van der Waals surface area contributed by atoms with Gasteiger partial charge in [-0.3, -0.25) is 0 Å². The van der Waals surface area contributed by atoms with Crippen molar-refractivity contribution in [3.05, 3.63) is 28.7 Å². The molecule has 6 nitrogen and oxygen atoms in total. The molecule has 1 aliphatic heterocycles. The number of rotatable bonds is 3. The van der Waals surface area contributed by atoms with E-state index in [1.807, 2.05) is 49.9 Å². The van der Waals surface area contributed by atoms with Gasteiger partial charge in [0.05, 0.1) is 0 Å². The number of piperidine rings is 1. The predicted molar refractivity (Wildman–Crippen MR) is 106 cm³/mol. The van der Waals surface area contributed by atoms with Gasteiger partial charge >= 0.3 is 12.1 Å². The Kier molecular flexibility index (Phi) is 6.92. The van der Waals surface area contributed by atoms with Crippen LogP contribution < -0.4 is 5.32 Å². The maximum atomic E-state index is 12.5. The number of ether oxygens (including phenoxy) is 1. The first-order valence-electron chi connectivity index (χ1n) is 8.89. The summed E-state index contributed by atoms with van der Waals surface area (Å²) in [4.78, 5) is 28.0. The second-order valence-electron chi connectivity index (χ2n) is 7.75. The van der Waals surface area contributed by atoms with E-state index in [1.165, 1.54) is 0 Å². The molecule has 1 unspecified atom stereocenters. The van der Waals surface area contributed by atoms with Crippen molar-refractivity contribution in [2.75, 3.05) is 32.0 Å². The largest absolute Gasteiger partial charge is 0.444 e. The summed E-state index contributed by atoms with van der Waals surface area (Å²) in [5, 5.41) is 2.93. The lowest BCUT2D eigenvalue weighted by atomic mass is 9.98. The molecule has 0 aromatic heterocycles. The Hall–Kier alpha value is -1.76. The van der Waals surface area contributed by atoms with Crippen LogP contribution in [-0.4, -0.2) is 54.2 Å². The van der Waals surface area contributed by atoms with Gasteiger partial charge in [-0.1, -0.05) is 15.9 Å². The number of hydrogen-bond acceptors (Lipinski definition) is 3. The van der Waals surface area contributed by atoms with E-state index in [9.17, 15) is 9.59 Å². The zero-order chi connectivity index (χ0) is 19.3. The summed E-state index contributed by atoms with van der Waals surface area (Å²) in [7, 11) is 1.74. The van der Waals surface area contributed by atoms with Gasteiger partial charge in [-0.2, -0.15) is 0 Å². The Bertz CT molecular complexity index is 628. The number of urea groups is 1. The first-order valence-corrected chi connectivity index (χ1v) is 9.69. The Balaban J connectivity index is 1.86. The minimum Gasteiger partial charge on any atom is -0.444 e. The lowest BCUT2D eigenvalue weighted by Gasteiger charge is -2.35. The van der Waals surface area contributed by atoms with E-state index in [0.29, 0.717) is 13.1 Å². The summed E-state index contributed by atoms with van der Waals surface area (Å²) in [6.45, 7) is 7.51. The van der Waals surface area contributed by atoms with Crippen molar-refractivity contribution in [3.63, 3.8) is 0 Å². The van der Waals surface area contributed by atoms with Crippen LogP contribution in [0.3, 0.4) is 0 Å². The maximum absolute atomic E-state index is 12.5. The zero-order valence-corrected chi connectivity index (χ0v) is 17.5. The highest BCUT2D eigenvalue weighted by Crippen LogP contribution is 2.20. The van der Waals surface area contributed by atoms with Gasteiger partial charge in [0.1, 0.15) is 5.60 Å². The molecule has 1 N–H and O–H groups in total. The molecule has 2 rings (SSSR count). The number of amides is 3. The van der Waals surface area contributed by atoms with Crippen molar-refractivity contribution < 1.29 is 14.3 Å². The third-order valence-corrected chi connectivity index (χ3v) is 4.67. The summed E-state index contributed by atoms with van der Waals surface area (Å²) < 4.78 is 6.37.